The molecular weight excluding hydrogens is 430 g/mol. The van der Waals surface area contributed by atoms with Crippen molar-refractivity contribution in [3.8, 4) is 23.0 Å². The summed E-state index contributed by atoms with van der Waals surface area (Å²) in [7, 11) is 3.05. The number of rotatable bonds is 7. The van der Waals surface area contributed by atoms with Crippen molar-refractivity contribution in [2.24, 2.45) is 0 Å². The SMILES string of the molecule is COc1cc(OC)cc(C(=O)N[C@@H](c2ccc(Cl)cc2)c2nnc(-c3ccccc3)o2)c1. The fraction of sp³-hybridized carbons (Fsp3) is 0.125. The highest BCUT2D eigenvalue weighted by atomic mass is 35.5. The Labute approximate surface area is 190 Å². The zero-order chi connectivity index (χ0) is 22.5. The van der Waals surface area contributed by atoms with Gasteiger partial charge in [-0.3, -0.25) is 4.79 Å². The zero-order valence-corrected chi connectivity index (χ0v) is 18.2. The average molecular weight is 450 g/mol. The second kappa shape index (κ2) is 9.53. The predicted molar refractivity (Wildman–Crippen MR) is 120 cm³/mol. The Morgan fingerprint density at radius 2 is 1.59 bits per heavy atom. The van der Waals surface area contributed by atoms with Crippen LogP contribution >= 0.6 is 11.6 Å². The molecule has 0 fully saturated rings. The lowest BCUT2D eigenvalue weighted by atomic mass is 10.1. The van der Waals surface area contributed by atoms with Crippen molar-refractivity contribution < 1.29 is 18.7 Å². The molecule has 0 aliphatic rings. The minimum absolute atomic E-state index is 0.245. The number of halogens is 1. The minimum Gasteiger partial charge on any atom is -0.497 e. The van der Waals surface area contributed by atoms with Gasteiger partial charge in [-0.2, -0.15) is 0 Å². The fourth-order valence-electron chi connectivity index (χ4n) is 3.14. The van der Waals surface area contributed by atoms with Gasteiger partial charge in [0.1, 0.15) is 17.5 Å². The maximum atomic E-state index is 13.1. The molecule has 0 aliphatic carbocycles. The maximum absolute atomic E-state index is 13.1. The Kier molecular flexibility index (Phi) is 6.37. The summed E-state index contributed by atoms with van der Waals surface area (Å²) in [5.41, 5.74) is 1.88. The van der Waals surface area contributed by atoms with E-state index in [4.69, 9.17) is 25.5 Å². The van der Waals surface area contributed by atoms with Crippen LogP contribution < -0.4 is 14.8 Å². The highest BCUT2D eigenvalue weighted by molar-refractivity contribution is 6.30. The maximum Gasteiger partial charge on any atom is 0.252 e. The lowest BCUT2D eigenvalue weighted by molar-refractivity contribution is 0.0937. The highest BCUT2D eigenvalue weighted by Crippen LogP contribution is 2.28. The third-order valence-corrected chi connectivity index (χ3v) is 5.05. The van der Waals surface area contributed by atoms with Crippen molar-refractivity contribution in [1.29, 1.82) is 0 Å². The summed E-state index contributed by atoms with van der Waals surface area (Å²) in [6.07, 6.45) is 0. The molecule has 0 spiro atoms. The number of amides is 1. The molecule has 0 bridgehead atoms. The van der Waals surface area contributed by atoms with Gasteiger partial charge >= 0.3 is 0 Å². The molecule has 4 rings (SSSR count). The number of nitrogens with zero attached hydrogens (tertiary/aromatic N) is 2. The third-order valence-electron chi connectivity index (χ3n) is 4.80. The molecule has 1 aromatic heterocycles. The quantitative estimate of drug-likeness (QED) is 0.430. The molecule has 0 aliphatic heterocycles. The molecule has 8 heteroatoms. The van der Waals surface area contributed by atoms with Gasteiger partial charge in [0, 0.05) is 22.2 Å². The minimum atomic E-state index is -0.693. The predicted octanol–water partition coefficient (Wildman–Crippen LogP) is 4.93. The lowest BCUT2D eigenvalue weighted by Crippen LogP contribution is -2.29. The Morgan fingerprint density at radius 1 is 0.938 bits per heavy atom. The molecule has 3 aromatic carbocycles. The number of carbonyl (C=O) groups excluding carboxylic acids is 1. The molecule has 1 heterocycles. The smallest absolute Gasteiger partial charge is 0.252 e. The summed E-state index contributed by atoms with van der Waals surface area (Å²) in [6.45, 7) is 0. The van der Waals surface area contributed by atoms with Crippen molar-refractivity contribution in [1.82, 2.24) is 15.5 Å². The monoisotopic (exact) mass is 449 g/mol. The molecule has 0 radical (unpaired) electrons. The van der Waals surface area contributed by atoms with E-state index in [1.165, 1.54) is 14.2 Å². The van der Waals surface area contributed by atoms with Crippen molar-refractivity contribution in [2.75, 3.05) is 14.2 Å². The molecule has 1 N–H and O–H groups in total. The van der Waals surface area contributed by atoms with Crippen LogP contribution in [0.5, 0.6) is 11.5 Å². The highest BCUT2D eigenvalue weighted by Gasteiger charge is 2.24. The van der Waals surface area contributed by atoms with Crippen LogP contribution in [0.1, 0.15) is 27.9 Å². The van der Waals surface area contributed by atoms with Crippen LogP contribution in [-0.2, 0) is 0 Å². The van der Waals surface area contributed by atoms with Crippen molar-refractivity contribution >= 4 is 17.5 Å². The first kappa shape index (κ1) is 21.4. The van der Waals surface area contributed by atoms with Crippen LogP contribution in [0, 0.1) is 0 Å². The number of hydrogen-bond acceptors (Lipinski definition) is 6. The van der Waals surface area contributed by atoms with E-state index in [0.717, 1.165) is 11.1 Å². The first-order valence-corrected chi connectivity index (χ1v) is 10.1. The van der Waals surface area contributed by atoms with Crippen molar-refractivity contribution in [3.63, 3.8) is 0 Å². The van der Waals surface area contributed by atoms with Gasteiger partial charge < -0.3 is 19.2 Å². The summed E-state index contributed by atoms with van der Waals surface area (Å²) < 4.78 is 16.5. The van der Waals surface area contributed by atoms with Crippen molar-refractivity contribution in [3.05, 3.63) is 94.8 Å². The third kappa shape index (κ3) is 4.73. The van der Waals surface area contributed by atoms with Gasteiger partial charge in [0.15, 0.2) is 0 Å². The zero-order valence-electron chi connectivity index (χ0n) is 17.4. The molecule has 4 aromatic rings. The average Bonchev–Trinajstić information content (AvgIpc) is 3.33. The van der Waals surface area contributed by atoms with Gasteiger partial charge in [0.2, 0.25) is 11.8 Å². The number of nitrogens with one attached hydrogen (secondary N) is 1. The van der Waals surface area contributed by atoms with Crippen LogP contribution in [0.15, 0.2) is 77.2 Å². The Bertz CT molecular complexity index is 1190. The van der Waals surface area contributed by atoms with Gasteiger partial charge in [0.25, 0.3) is 5.91 Å². The standard InChI is InChI=1S/C24H20ClN3O4/c1-30-19-12-17(13-20(14-19)31-2)22(29)26-21(15-8-10-18(25)11-9-15)24-28-27-23(32-24)16-6-4-3-5-7-16/h3-14,21H,1-2H3,(H,26,29)/t21-/m0/s1. The molecular formula is C24H20ClN3O4. The number of aromatic nitrogens is 2. The van der Waals surface area contributed by atoms with E-state index in [9.17, 15) is 4.79 Å². The number of hydrogen-bond donors (Lipinski definition) is 1. The van der Waals surface area contributed by atoms with Gasteiger partial charge in [-0.15, -0.1) is 10.2 Å². The second-order valence-electron chi connectivity index (χ2n) is 6.87. The van der Waals surface area contributed by atoms with Crippen LogP contribution in [0.25, 0.3) is 11.5 Å². The normalized spacial score (nSPS) is 11.6. The van der Waals surface area contributed by atoms with Crippen LogP contribution in [-0.4, -0.2) is 30.3 Å². The van der Waals surface area contributed by atoms with Gasteiger partial charge in [-0.05, 0) is 42.0 Å². The van der Waals surface area contributed by atoms with E-state index in [1.807, 2.05) is 30.3 Å². The van der Waals surface area contributed by atoms with Crippen molar-refractivity contribution in [2.45, 2.75) is 6.04 Å². The van der Waals surface area contributed by atoms with E-state index in [2.05, 4.69) is 15.5 Å². The summed E-state index contributed by atoms with van der Waals surface area (Å²) >= 11 is 6.05. The first-order valence-electron chi connectivity index (χ1n) is 9.75. The van der Waals surface area contributed by atoms with E-state index in [0.29, 0.717) is 28.0 Å². The Hall–Kier alpha value is -3.84. The van der Waals surface area contributed by atoms with Crippen LogP contribution in [0.3, 0.4) is 0 Å². The van der Waals surface area contributed by atoms with E-state index >= 15 is 0 Å². The van der Waals surface area contributed by atoms with E-state index < -0.39 is 6.04 Å². The lowest BCUT2D eigenvalue weighted by Gasteiger charge is -2.17. The molecule has 32 heavy (non-hydrogen) atoms. The Morgan fingerprint density at radius 3 is 2.22 bits per heavy atom. The molecule has 1 amide bonds. The number of carbonyl (C=O) groups is 1. The topological polar surface area (TPSA) is 86.5 Å². The first-order chi connectivity index (χ1) is 15.6. The van der Waals surface area contributed by atoms with E-state index in [-0.39, 0.29) is 11.8 Å². The van der Waals surface area contributed by atoms with Gasteiger partial charge in [-0.25, -0.2) is 0 Å². The largest absolute Gasteiger partial charge is 0.497 e. The Balaban J connectivity index is 1.69. The number of ether oxygens (including phenoxy) is 2. The summed E-state index contributed by atoms with van der Waals surface area (Å²) in [6, 6.07) is 20.7. The second-order valence-corrected chi connectivity index (χ2v) is 7.31. The molecule has 0 saturated heterocycles. The fourth-order valence-corrected chi connectivity index (χ4v) is 3.27. The molecule has 162 valence electrons. The van der Waals surface area contributed by atoms with Crippen LogP contribution in [0.2, 0.25) is 5.02 Å². The summed E-state index contributed by atoms with van der Waals surface area (Å²) in [5.74, 6) is 1.25. The number of benzene rings is 3. The summed E-state index contributed by atoms with van der Waals surface area (Å²) in [4.78, 5) is 13.1. The summed E-state index contributed by atoms with van der Waals surface area (Å²) in [5, 5.41) is 11.9. The van der Waals surface area contributed by atoms with E-state index in [1.54, 1.807) is 42.5 Å². The van der Waals surface area contributed by atoms with Crippen LogP contribution in [0.4, 0.5) is 0 Å². The molecule has 1 atom stereocenters. The van der Waals surface area contributed by atoms with Gasteiger partial charge in [-0.1, -0.05) is 41.9 Å². The molecule has 0 saturated carbocycles. The van der Waals surface area contributed by atoms with Gasteiger partial charge in [0.05, 0.1) is 14.2 Å². The molecule has 7 nitrogen and oxygen atoms in total. The molecule has 0 unspecified atom stereocenters. The number of methoxy groups -OCH3 is 2.